The van der Waals surface area contributed by atoms with Crippen LogP contribution in [0.1, 0.15) is 16.5 Å². The van der Waals surface area contributed by atoms with Crippen LogP contribution >= 0.6 is 34.5 Å². The van der Waals surface area contributed by atoms with Crippen LogP contribution in [0.3, 0.4) is 0 Å². The van der Waals surface area contributed by atoms with Gasteiger partial charge in [-0.25, -0.2) is 0 Å². The quantitative estimate of drug-likeness (QED) is 0.780. The van der Waals surface area contributed by atoms with Gasteiger partial charge in [-0.2, -0.15) is 0 Å². The fraction of sp³-hybridized carbons (Fsp3) is 0.0769. The second-order valence-corrected chi connectivity index (χ2v) is 5.11. The van der Waals surface area contributed by atoms with E-state index in [0.29, 0.717) is 15.6 Å². The molecule has 0 radical (unpaired) electrons. The molecule has 1 heterocycles. The second kappa shape index (κ2) is 5.57. The highest BCUT2D eigenvalue weighted by molar-refractivity contribution is 7.10. The number of aliphatic hydroxyl groups is 1. The molecule has 2 rings (SSSR count). The van der Waals surface area contributed by atoms with E-state index in [1.165, 1.54) is 11.3 Å². The smallest absolute Gasteiger partial charge is 0.142 e. The van der Waals surface area contributed by atoms with Crippen molar-refractivity contribution in [3.63, 3.8) is 0 Å². The molecule has 1 aromatic carbocycles. The highest BCUT2D eigenvalue weighted by Crippen LogP contribution is 2.26. The van der Waals surface area contributed by atoms with Crippen LogP contribution in [0.15, 0.2) is 35.7 Å². The number of rotatable bonds is 1. The average molecular weight is 283 g/mol. The molecule has 1 atom stereocenters. The van der Waals surface area contributed by atoms with Crippen molar-refractivity contribution in [2.45, 2.75) is 6.10 Å². The Morgan fingerprint density at radius 1 is 1.24 bits per heavy atom. The molecular formula is C13H8Cl2OS. The van der Waals surface area contributed by atoms with Crippen molar-refractivity contribution in [3.8, 4) is 11.8 Å². The molecule has 4 heteroatoms. The van der Waals surface area contributed by atoms with Gasteiger partial charge in [-0.1, -0.05) is 47.2 Å². The van der Waals surface area contributed by atoms with Crippen molar-refractivity contribution >= 4 is 34.5 Å². The Morgan fingerprint density at radius 2 is 2.06 bits per heavy atom. The van der Waals surface area contributed by atoms with Crippen molar-refractivity contribution in [2.75, 3.05) is 0 Å². The largest absolute Gasteiger partial charge is 0.376 e. The van der Waals surface area contributed by atoms with E-state index in [-0.39, 0.29) is 0 Å². The number of thiophene rings is 1. The standard InChI is InChI=1S/C13H8Cl2OS/c14-9-3-5-11(12(15)8-9)13(16)6-4-10-2-1-7-17-10/h1-3,5,7-8,13,16H. The molecule has 0 amide bonds. The van der Waals surface area contributed by atoms with E-state index in [4.69, 9.17) is 23.2 Å². The van der Waals surface area contributed by atoms with Gasteiger partial charge in [0.25, 0.3) is 0 Å². The summed E-state index contributed by atoms with van der Waals surface area (Å²) in [5, 5.41) is 12.8. The second-order valence-electron chi connectivity index (χ2n) is 3.32. The Bertz CT molecular complexity index is 567. The Labute approximate surface area is 114 Å². The summed E-state index contributed by atoms with van der Waals surface area (Å²) in [6.07, 6.45) is -0.901. The first-order chi connectivity index (χ1) is 8.16. The van der Waals surface area contributed by atoms with Gasteiger partial charge in [0.05, 0.1) is 4.88 Å². The maximum atomic E-state index is 9.89. The Balaban J connectivity index is 2.23. The molecule has 0 saturated carbocycles. The average Bonchev–Trinajstić information content (AvgIpc) is 2.78. The van der Waals surface area contributed by atoms with Crippen LogP contribution in [0.25, 0.3) is 0 Å². The third kappa shape index (κ3) is 3.24. The van der Waals surface area contributed by atoms with Crippen molar-refractivity contribution in [2.24, 2.45) is 0 Å². The van der Waals surface area contributed by atoms with E-state index >= 15 is 0 Å². The zero-order valence-corrected chi connectivity index (χ0v) is 11.0. The fourth-order valence-electron chi connectivity index (χ4n) is 1.29. The lowest BCUT2D eigenvalue weighted by molar-refractivity contribution is 0.238. The summed E-state index contributed by atoms with van der Waals surface area (Å²) in [6, 6.07) is 8.76. The van der Waals surface area contributed by atoms with Crippen molar-refractivity contribution in [1.29, 1.82) is 0 Å². The van der Waals surface area contributed by atoms with E-state index in [2.05, 4.69) is 11.8 Å². The zero-order chi connectivity index (χ0) is 12.3. The van der Waals surface area contributed by atoms with Gasteiger partial charge in [0.15, 0.2) is 0 Å². The van der Waals surface area contributed by atoms with Crippen molar-refractivity contribution < 1.29 is 5.11 Å². The predicted octanol–water partition coefficient (Wildman–Crippen LogP) is 4.14. The van der Waals surface area contributed by atoms with E-state index in [0.717, 1.165) is 4.88 Å². The molecule has 0 fully saturated rings. The first-order valence-corrected chi connectivity index (χ1v) is 6.48. The van der Waals surface area contributed by atoms with E-state index in [1.807, 2.05) is 17.5 Å². The van der Waals surface area contributed by atoms with Crippen LogP contribution in [0, 0.1) is 11.8 Å². The zero-order valence-electron chi connectivity index (χ0n) is 8.65. The van der Waals surface area contributed by atoms with Crippen LogP contribution in [-0.4, -0.2) is 5.11 Å². The van der Waals surface area contributed by atoms with E-state index in [1.54, 1.807) is 18.2 Å². The minimum absolute atomic E-state index is 0.422. The van der Waals surface area contributed by atoms with Crippen LogP contribution in [-0.2, 0) is 0 Å². The van der Waals surface area contributed by atoms with Crippen LogP contribution in [0.2, 0.25) is 10.0 Å². The molecule has 1 nitrogen and oxygen atoms in total. The SMILES string of the molecule is OC(C#Cc1cccs1)c1ccc(Cl)cc1Cl. The number of hydrogen-bond donors (Lipinski definition) is 1. The first kappa shape index (κ1) is 12.5. The van der Waals surface area contributed by atoms with E-state index < -0.39 is 6.10 Å². The lowest BCUT2D eigenvalue weighted by atomic mass is 10.1. The molecular weight excluding hydrogens is 275 g/mol. The van der Waals surface area contributed by atoms with Crippen molar-refractivity contribution in [3.05, 3.63) is 56.2 Å². The Kier molecular flexibility index (Phi) is 4.09. The summed E-state index contributed by atoms with van der Waals surface area (Å²) in [6.45, 7) is 0. The third-order valence-corrected chi connectivity index (χ3v) is 3.46. The molecule has 86 valence electrons. The van der Waals surface area contributed by atoms with Gasteiger partial charge < -0.3 is 5.11 Å². The van der Waals surface area contributed by atoms with Crippen LogP contribution < -0.4 is 0 Å². The van der Waals surface area contributed by atoms with Gasteiger partial charge in [0, 0.05) is 15.6 Å². The summed E-state index contributed by atoms with van der Waals surface area (Å²) >= 11 is 13.3. The lowest BCUT2D eigenvalue weighted by Crippen LogP contribution is -1.94. The molecule has 0 aliphatic rings. The van der Waals surface area contributed by atoms with E-state index in [9.17, 15) is 5.11 Å². The predicted molar refractivity (Wildman–Crippen MR) is 72.6 cm³/mol. The molecule has 17 heavy (non-hydrogen) atoms. The Morgan fingerprint density at radius 3 is 2.71 bits per heavy atom. The maximum Gasteiger partial charge on any atom is 0.142 e. The minimum Gasteiger partial charge on any atom is -0.376 e. The summed E-state index contributed by atoms with van der Waals surface area (Å²) in [5.41, 5.74) is 0.570. The van der Waals surface area contributed by atoms with Crippen molar-refractivity contribution in [1.82, 2.24) is 0 Å². The lowest BCUT2D eigenvalue weighted by Gasteiger charge is -2.06. The minimum atomic E-state index is -0.901. The molecule has 0 saturated heterocycles. The van der Waals surface area contributed by atoms with Crippen LogP contribution in [0.4, 0.5) is 0 Å². The van der Waals surface area contributed by atoms with Gasteiger partial charge in [0.2, 0.25) is 0 Å². The number of halogens is 2. The first-order valence-electron chi connectivity index (χ1n) is 4.85. The van der Waals surface area contributed by atoms with Crippen LogP contribution in [0.5, 0.6) is 0 Å². The third-order valence-electron chi connectivity index (χ3n) is 2.11. The normalized spacial score (nSPS) is 11.7. The number of hydrogen-bond acceptors (Lipinski definition) is 2. The fourth-order valence-corrected chi connectivity index (χ4v) is 2.38. The summed E-state index contributed by atoms with van der Waals surface area (Å²) in [7, 11) is 0. The maximum absolute atomic E-state index is 9.89. The summed E-state index contributed by atoms with van der Waals surface area (Å²) < 4.78 is 0. The molecule has 0 aliphatic heterocycles. The highest BCUT2D eigenvalue weighted by Gasteiger charge is 2.08. The molecule has 0 spiro atoms. The van der Waals surface area contributed by atoms with Gasteiger partial charge in [-0.05, 0) is 23.6 Å². The summed E-state index contributed by atoms with van der Waals surface area (Å²) in [5.74, 6) is 5.64. The molecule has 0 aliphatic carbocycles. The molecule has 1 unspecified atom stereocenters. The Hall–Kier alpha value is -0.980. The summed E-state index contributed by atoms with van der Waals surface area (Å²) in [4.78, 5) is 0.911. The molecule has 2 aromatic rings. The van der Waals surface area contributed by atoms with Gasteiger partial charge >= 0.3 is 0 Å². The molecule has 1 N–H and O–H groups in total. The number of benzene rings is 1. The molecule has 0 bridgehead atoms. The number of aliphatic hydroxyl groups excluding tert-OH is 1. The molecule has 1 aromatic heterocycles. The van der Waals surface area contributed by atoms with Gasteiger partial charge in [-0.15, -0.1) is 11.3 Å². The van der Waals surface area contributed by atoms with Gasteiger partial charge in [-0.3, -0.25) is 0 Å². The monoisotopic (exact) mass is 282 g/mol. The van der Waals surface area contributed by atoms with Gasteiger partial charge in [0.1, 0.15) is 6.10 Å². The highest BCUT2D eigenvalue weighted by atomic mass is 35.5. The topological polar surface area (TPSA) is 20.2 Å².